The van der Waals surface area contributed by atoms with Gasteiger partial charge in [-0.25, -0.2) is 0 Å². The number of fused-ring (bicyclic) bond motifs is 3. The van der Waals surface area contributed by atoms with E-state index in [1.807, 2.05) is 12.1 Å². The quantitative estimate of drug-likeness (QED) is 0.543. The first-order valence-electron chi connectivity index (χ1n) is 3.29. The van der Waals surface area contributed by atoms with Crippen LogP contribution in [0, 0.1) is 0 Å². The molecule has 0 radical (unpaired) electrons. The zero-order chi connectivity index (χ0) is 7.97. The molecule has 3 aromatic rings. The van der Waals surface area contributed by atoms with Crippen LogP contribution in [0.4, 0.5) is 0 Å². The topological polar surface area (TPSA) is 51.6 Å². The van der Waals surface area contributed by atoms with Crippen molar-refractivity contribution in [2.75, 3.05) is 0 Å². The SMILES string of the molecule is c1cc2n[se]nc2c2nsnc12. The fourth-order valence-corrected chi connectivity index (χ4v) is 2.76. The predicted molar refractivity (Wildman–Crippen MR) is 47.5 cm³/mol. The van der Waals surface area contributed by atoms with Crippen LogP contribution in [-0.4, -0.2) is 31.7 Å². The summed E-state index contributed by atoms with van der Waals surface area (Å²) in [6.07, 6.45) is 0. The number of rotatable bonds is 0. The van der Waals surface area contributed by atoms with Crippen molar-refractivity contribution in [3.63, 3.8) is 0 Å². The minimum atomic E-state index is 0.0280. The van der Waals surface area contributed by atoms with Gasteiger partial charge in [-0.3, -0.25) is 0 Å². The van der Waals surface area contributed by atoms with Gasteiger partial charge >= 0.3 is 77.6 Å². The predicted octanol–water partition coefficient (Wildman–Crippen LogP) is 0.691. The van der Waals surface area contributed by atoms with E-state index in [-0.39, 0.29) is 15.0 Å². The first-order valence-corrected chi connectivity index (χ1v) is 5.55. The molecule has 0 fully saturated rings. The van der Waals surface area contributed by atoms with Crippen molar-refractivity contribution in [1.82, 2.24) is 16.7 Å². The Morgan fingerprint density at radius 3 is 2.92 bits per heavy atom. The molecule has 0 aliphatic rings. The van der Waals surface area contributed by atoms with E-state index < -0.39 is 0 Å². The van der Waals surface area contributed by atoms with Gasteiger partial charge in [0.15, 0.2) is 0 Å². The Morgan fingerprint density at radius 1 is 1.00 bits per heavy atom. The molecule has 0 saturated carbocycles. The van der Waals surface area contributed by atoms with Gasteiger partial charge in [0.05, 0.1) is 0 Å². The molecule has 1 aromatic carbocycles. The van der Waals surface area contributed by atoms with Gasteiger partial charge in [0.2, 0.25) is 0 Å². The van der Waals surface area contributed by atoms with Crippen molar-refractivity contribution in [3.8, 4) is 0 Å². The van der Waals surface area contributed by atoms with Gasteiger partial charge in [0, 0.05) is 0 Å². The van der Waals surface area contributed by atoms with Crippen LogP contribution in [0.3, 0.4) is 0 Å². The van der Waals surface area contributed by atoms with Crippen molar-refractivity contribution in [1.29, 1.82) is 0 Å². The molecule has 0 spiro atoms. The standard InChI is InChI=1S/C6H2N4SSe/c1-2-4-6(10-12-9-4)5-3(1)7-11-8-5/h1-2H. The first kappa shape index (κ1) is 6.65. The van der Waals surface area contributed by atoms with Crippen LogP contribution < -0.4 is 0 Å². The van der Waals surface area contributed by atoms with E-state index in [1.165, 1.54) is 11.7 Å². The molecule has 0 aliphatic carbocycles. The summed E-state index contributed by atoms with van der Waals surface area (Å²) in [5.74, 6) is 0. The Hall–Kier alpha value is -0.841. The van der Waals surface area contributed by atoms with Crippen molar-refractivity contribution < 1.29 is 0 Å². The number of benzene rings is 1. The van der Waals surface area contributed by atoms with Crippen molar-refractivity contribution in [2.24, 2.45) is 0 Å². The van der Waals surface area contributed by atoms with Crippen LogP contribution in [-0.2, 0) is 0 Å². The van der Waals surface area contributed by atoms with Crippen LogP contribution in [0.1, 0.15) is 0 Å². The summed E-state index contributed by atoms with van der Waals surface area (Å²) in [5.41, 5.74) is 3.73. The molecule has 6 heteroatoms. The van der Waals surface area contributed by atoms with E-state index in [0.717, 1.165) is 22.1 Å². The molecule has 0 amide bonds. The van der Waals surface area contributed by atoms with Crippen molar-refractivity contribution in [3.05, 3.63) is 12.1 Å². The number of hydrogen-bond donors (Lipinski definition) is 0. The molecule has 3 rings (SSSR count). The van der Waals surface area contributed by atoms with E-state index >= 15 is 0 Å². The Bertz CT molecular complexity index is 493. The van der Waals surface area contributed by atoms with Gasteiger partial charge in [-0.05, 0) is 0 Å². The van der Waals surface area contributed by atoms with E-state index in [0.29, 0.717) is 0 Å². The molecular weight excluding hydrogens is 239 g/mol. The van der Waals surface area contributed by atoms with E-state index in [4.69, 9.17) is 0 Å². The molecule has 2 aromatic heterocycles. The third-order valence-electron chi connectivity index (χ3n) is 1.65. The summed E-state index contributed by atoms with van der Waals surface area (Å²) in [5, 5.41) is 0. The molecule has 2 heterocycles. The van der Waals surface area contributed by atoms with Crippen LogP contribution in [0.15, 0.2) is 12.1 Å². The third kappa shape index (κ3) is 0.769. The number of nitrogens with zero attached hydrogens (tertiary/aromatic N) is 4. The molecule has 0 unspecified atom stereocenters. The summed E-state index contributed by atoms with van der Waals surface area (Å²) in [4.78, 5) is 0. The van der Waals surface area contributed by atoms with Crippen LogP contribution in [0.2, 0.25) is 0 Å². The first-order chi connectivity index (χ1) is 5.95. The van der Waals surface area contributed by atoms with Crippen LogP contribution >= 0.6 is 11.7 Å². The third-order valence-corrected chi connectivity index (χ3v) is 3.33. The fraction of sp³-hybridized carbons (Fsp3) is 0. The number of aromatic nitrogens is 4. The molecule has 0 atom stereocenters. The van der Waals surface area contributed by atoms with Gasteiger partial charge in [-0.2, -0.15) is 0 Å². The molecule has 12 heavy (non-hydrogen) atoms. The molecule has 0 N–H and O–H groups in total. The maximum atomic E-state index is 4.30. The second-order valence-electron chi connectivity index (χ2n) is 2.33. The molecule has 0 saturated heterocycles. The normalized spacial score (nSPS) is 11.3. The van der Waals surface area contributed by atoms with Gasteiger partial charge in [0.1, 0.15) is 0 Å². The Morgan fingerprint density at radius 2 is 1.92 bits per heavy atom. The van der Waals surface area contributed by atoms with Crippen molar-refractivity contribution in [2.45, 2.75) is 0 Å². The maximum absolute atomic E-state index is 4.30. The monoisotopic (exact) mass is 242 g/mol. The number of hydrogen-bond acceptors (Lipinski definition) is 5. The van der Waals surface area contributed by atoms with Gasteiger partial charge < -0.3 is 0 Å². The zero-order valence-corrected chi connectivity index (χ0v) is 8.29. The molecule has 58 valence electrons. The molecule has 0 bridgehead atoms. The summed E-state index contributed by atoms with van der Waals surface area (Å²) >= 11 is 1.25. The second kappa shape index (κ2) is 2.32. The minimum absolute atomic E-state index is 0.0280. The average Bonchev–Trinajstić information content (AvgIpc) is 2.71. The summed E-state index contributed by atoms with van der Waals surface area (Å²) in [6.45, 7) is 0. The van der Waals surface area contributed by atoms with Gasteiger partial charge in [0.25, 0.3) is 0 Å². The fourth-order valence-electron chi connectivity index (χ4n) is 1.10. The van der Waals surface area contributed by atoms with Gasteiger partial charge in [-0.1, -0.05) is 0 Å². The summed E-state index contributed by atoms with van der Waals surface area (Å²) < 4.78 is 16.9. The van der Waals surface area contributed by atoms with Gasteiger partial charge in [-0.15, -0.1) is 0 Å². The molecular formula is C6H2N4SSe. The summed E-state index contributed by atoms with van der Waals surface area (Å²) in [6, 6.07) is 3.90. The van der Waals surface area contributed by atoms with E-state index in [9.17, 15) is 0 Å². The summed E-state index contributed by atoms with van der Waals surface area (Å²) in [7, 11) is 0. The zero-order valence-electron chi connectivity index (χ0n) is 5.76. The Labute approximate surface area is 77.8 Å². The second-order valence-corrected chi connectivity index (χ2v) is 3.97. The van der Waals surface area contributed by atoms with E-state index in [1.54, 1.807) is 0 Å². The molecule has 0 aliphatic heterocycles. The van der Waals surface area contributed by atoms with Crippen LogP contribution in [0.5, 0.6) is 0 Å². The Kier molecular flexibility index (Phi) is 1.29. The average molecular weight is 241 g/mol. The van der Waals surface area contributed by atoms with Crippen molar-refractivity contribution >= 4 is 48.8 Å². The molecule has 4 nitrogen and oxygen atoms in total. The van der Waals surface area contributed by atoms with Crippen LogP contribution in [0.25, 0.3) is 22.1 Å². The van der Waals surface area contributed by atoms with E-state index in [2.05, 4.69) is 16.7 Å². The Balaban J connectivity index is 2.71.